The van der Waals surface area contributed by atoms with Crippen molar-refractivity contribution in [3.05, 3.63) is 63.6 Å². The summed E-state index contributed by atoms with van der Waals surface area (Å²) in [5, 5.41) is 10.2. The number of halogens is 1. The minimum atomic E-state index is -3.10. The molecule has 1 atom stereocenters. The Kier molecular flexibility index (Phi) is 5.39. The van der Waals surface area contributed by atoms with E-state index in [1.165, 1.54) is 11.3 Å². The first kappa shape index (κ1) is 21.3. The average molecular weight is 531 g/mol. The van der Waals surface area contributed by atoms with E-state index >= 15 is 0 Å². The zero-order chi connectivity index (χ0) is 22.5. The van der Waals surface area contributed by atoms with E-state index in [0.29, 0.717) is 40.1 Å². The number of nitrogens with one attached hydrogen (secondary N) is 1. The van der Waals surface area contributed by atoms with Gasteiger partial charge in [0, 0.05) is 10.2 Å². The summed E-state index contributed by atoms with van der Waals surface area (Å²) in [6.45, 7) is 1.82. The van der Waals surface area contributed by atoms with Gasteiger partial charge in [-0.2, -0.15) is 5.10 Å². The standard InChI is InChI=1S/C22H19BrN4O3S2/c1-13-20-17(22(28)24-15-5-2-4-14(23)10-15)11-18(19-6-3-8-31-19)25-21(20)27(26-13)16-7-9-32(29,30)12-16/h2-6,8,10-11,16H,7,9,12H2,1H3,(H,24,28). The molecule has 0 saturated carbocycles. The van der Waals surface area contributed by atoms with Crippen LogP contribution in [-0.2, 0) is 9.84 Å². The van der Waals surface area contributed by atoms with Crippen LogP contribution in [0.3, 0.4) is 0 Å². The minimum absolute atomic E-state index is 0.0354. The number of fused-ring (bicyclic) bond motifs is 1. The third kappa shape index (κ3) is 3.98. The van der Waals surface area contributed by atoms with Crippen LogP contribution in [0.2, 0.25) is 0 Å². The van der Waals surface area contributed by atoms with Crippen molar-refractivity contribution in [2.45, 2.75) is 19.4 Å². The van der Waals surface area contributed by atoms with Crippen molar-refractivity contribution in [3.63, 3.8) is 0 Å². The molecule has 1 aliphatic rings. The van der Waals surface area contributed by atoms with E-state index in [2.05, 4.69) is 26.3 Å². The Bertz CT molecular complexity index is 1450. The van der Waals surface area contributed by atoms with Crippen LogP contribution in [0, 0.1) is 6.92 Å². The summed E-state index contributed by atoms with van der Waals surface area (Å²) in [6, 6.07) is 12.8. The Morgan fingerprint density at radius 2 is 2.09 bits per heavy atom. The first-order valence-corrected chi connectivity index (χ1v) is 13.5. The van der Waals surface area contributed by atoms with Gasteiger partial charge in [-0.1, -0.05) is 28.1 Å². The Morgan fingerprint density at radius 1 is 1.25 bits per heavy atom. The number of thiophene rings is 1. The van der Waals surface area contributed by atoms with Gasteiger partial charge in [-0.15, -0.1) is 11.3 Å². The number of rotatable bonds is 4. The van der Waals surface area contributed by atoms with Crippen LogP contribution in [0.15, 0.2) is 52.3 Å². The van der Waals surface area contributed by atoms with E-state index in [9.17, 15) is 13.2 Å². The number of amides is 1. The molecule has 1 unspecified atom stereocenters. The summed E-state index contributed by atoms with van der Waals surface area (Å²) in [6.07, 6.45) is 0.489. The number of hydrogen-bond donors (Lipinski definition) is 1. The number of hydrogen-bond acceptors (Lipinski definition) is 6. The van der Waals surface area contributed by atoms with E-state index in [4.69, 9.17) is 4.98 Å². The number of carbonyl (C=O) groups excluding carboxylic acids is 1. The highest BCUT2D eigenvalue weighted by molar-refractivity contribution is 9.10. The lowest BCUT2D eigenvalue weighted by molar-refractivity contribution is 0.102. The fourth-order valence-electron chi connectivity index (χ4n) is 4.03. The van der Waals surface area contributed by atoms with E-state index in [1.807, 2.05) is 48.7 Å². The summed E-state index contributed by atoms with van der Waals surface area (Å²) in [7, 11) is -3.10. The van der Waals surface area contributed by atoms with Crippen molar-refractivity contribution in [2.24, 2.45) is 0 Å². The van der Waals surface area contributed by atoms with Gasteiger partial charge >= 0.3 is 0 Å². The van der Waals surface area contributed by atoms with Gasteiger partial charge in [0.1, 0.15) is 0 Å². The van der Waals surface area contributed by atoms with Crippen molar-refractivity contribution >= 4 is 59.7 Å². The summed E-state index contributed by atoms with van der Waals surface area (Å²) >= 11 is 4.95. The van der Waals surface area contributed by atoms with Gasteiger partial charge in [0.05, 0.1) is 44.8 Å². The van der Waals surface area contributed by atoms with Gasteiger partial charge in [-0.25, -0.2) is 18.1 Å². The smallest absolute Gasteiger partial charge is 0.256 e. The number of pyridine rings is 1. The largest absolute Gasteiger partial charge is 0.322 e. The van der Waals surface area contributed by atoms with Crippen molar-refractivity contribution in [1.82, 2.24) is 14.8 Å². The van der Waals surface area contributed by atoms with E-state index in [-0.39, 0.29) is 23.5 Å². The quantitative estimate of drug-likeness (QED) is 0.407. The lowest BCUT2D eigenvalue weighted by Gasteiger charge is -2.12. The zero-order valence-corrected chi connectivity index (χ0v) is 20.3. The summed E-state index contributed by atoms with van der Waals surface area (Å²) in [5.74, 6) is -0.0953. The fraction of sp³-hybridized carbons (Fsp3) is 0.227. The average Bonchev–Trinajstić information content (AvgIpc) is 3.47. The molecule has 5 rings (SSSR count). The molecule has 1 amide bonds. The Labute approximate surface area is 197 Å². The fourth-order valence-corrected chi connectivity index (χ4v) is 6.81. The van der Waals surface area contributed by atoms with Crippen LogP contribution in [0.1, 0.15) is 28.5 Å². The number of sulfone groups is 1. The number of aromatic nitrogens is 3. The lowest BCUT2D eigenvalue weighted by Crippen LogP contribution is -2.15. The van der Waals surface area contributed by atoms with Crippen molar-refractivity contribution in [1.29, 1.82) is 0 Å². The molecule has 1 N–H and O–H groups in total. The normalized spacial score (nSPS) is 17.6. The zero-order valence-electron chi connectivity index (χ0n) is 17.1. The molecule has 0 spiro atoms. The van der Waals surface area contributed by atoms with Gasteiger partial charge in [0.25, 0.3) is 5.91 Å². The molecule has 10 heteroatoms. The molecule has 0 radical (unpaired) electrons. The molecule has 1 aliphatic heterocycles. The molecular weight excluding hydrogens is 512 g/mol. The number of nitrogens with zero attached hydrogens (tertiary/aromatic N) is 3. The molecular formula is C22H19BrN4O3S2. The minimum Gasteiger partial charge on any atom is -0.322 e. The van der Waals surface area contributed by atoms with Gasteiger partial charge in [0.2, 0.25) is 0 Å². The topological polar surface area (TPSA) is 93.9 Å². The first-order chi connectivity index (χ1) is 15.3. The number of aryl methyl sites for hydroxylation is 1. The predicted octanol–water partition coefficient (Wildman–Crippen LogP) is 4.84. The molecule has 0 bridgehead atoms. The number of carbonyl (C=O) groups is 1. The molecule has 1 fully saturated rings. The SMILES string of the molecule is Cc1nn(C2CCS(=O)(=O)C2)c2nc(-c3cccs3)cc(C(=O)Nc3cccc(Br)c3)c12. The van der Waals surface area contributed by atoms with Crippen LogP contribution in [0.25, 0.3) is 21.6 Å². The Morgan fingerprint density at radius 3 is 2.78 bits per heavy atom. The maximum absolute atomic E-state index is 13.4. The third-order valence-electron chi connectivity index (χ3n) is 5.49. The second-order valence-corrected chi connectivity index (χ2v) is 11.9. The molecule has 32 heavy (non-hydrogen) atoms. The second kappa shape index (κ2) is 8.09. The van der Waals surface area contributed by atoms with Crippen LogP contribution in [0.5, 0.6) is 0 Å². The molecule has 1 saturated heterocycles. The van der Waals surface area contributed by atoms with Crippen LogP contribution < -0.4 is 5.32 Å². The highest BCUT2D eigenvalue weighted by Crippen LogP contribution is 2.33. The van der Waals surface area contributed by atoms with Crippen LogP contribution in [0.4, 0.5) is 5.69 Å². The van der Waals surface area contributed by atoms with E-state index in [1.54, 1.807) is 10.7 Å². The third-order valence-corrected chi connectivity index (χ3v) is 8.63. The van der Waals surface area contributed by atoms with Gasteiger partial charge in [-0.3, -0.25) is 4.79 Å². The molecule has 3 aromatic heterocycles. The van der Waals surface area contributed by atoms with E-state index in [0.717, 1.165) is 9.35 Å². The van der Waals surface area contributed by atoms with Gasteiger partial charge < -0.3 is 5.32 Å². The first-order valence-electron chi connectivity index (χ1n) is 10.0. The monoisotopic (exact) mass is 530 g/mol. The second-order valence-electron chi connectivity index (χ2n) is 7.78. The van der Waals surface area contributed by atoms with Crippen LogP contribution in [-0.4, -0.2) is 40.6 Å². The number of benzene rings is 1. The summed E-state index contributed by atoms with van der Waals surface area (Å²) in [4.78, 5) is 19.1. The predicted molar refractivity (Wildman–Crippen MR) is 130 cm³/mol. The highest BCUT2D eigenvalue weighted by atomic mass is 79.9. The van der Waals surface area contributed by atoms with E-state index < -0.39 is 9.84 Å². The molecule has 4 heterocycles. The molecule has 1 aromatic carbocycles. The Hall–Kier alpha value is -2.56. The Balaban J connectivity index is 1.67. The number of anilines is 1. The van der Waals surface area contributed by atoms with Crippen LogP contribution >= 0.6 is 27.3 Å². The van der Waals surface area contributed by atoms with Gasteiger partial charge in [0.15, 0.2) is 15.5 Å². The maximum Gasteiger partial charge on any atom is 0.256 e. The summed E-state index contributed by atoms with van der Waals surface area (Å²) in [5.41, 5.74) is 2.97. The molecule has 164 valence electrons. The molecule has 0 aliphatic carbocycles. The van der Waals surface area contributed by atoms with Crippen molar-refractivity contribution in [2.75, 3.05) is 16.8 Å². The molecule has 4 aromatic rings. The van der Waals surface area contributed by atoms with Crippen molar-refractivity contribution < 1.29 is 13.2 Å². The summed E-state index contributed by atoms with van der Waals surface area (Å²) < 4.78 is 26.7. The molecule has 7 nitrogen and oxygen atoms in total. The van der Waals surface area contributed by atoms with Gasteiger partial charge in [-0.05, 0) is 49.1 Å². The lowest BCUT2D eigenvalue weighted by atomic mass is 10.1. The van der Waals surface area contributed by atoms with Crippen molar-refractivity contribution in [3.8, 4) is 10.6 Å². The maximum atomic E-state index is 13.4. The highest BCUT2D eigenvalue weighted by Gasteiger charge is 2.32.